The van der Waals surface area contributed by atoms with Gasteiger partial charge in [0.2, 0.25) is 8.32 Å². The molecule has 0 aliphatic heterocycles. The Bertz CT molecular complexity index is 445. The van der Waals surface area contributed by atoms with E-state index in [2.05, 4.69) is 0 Å². The maximum absolute atomic E-state index is 9.87. The first-order valence-electron chi connectivity index (χ1n) is 7.67. The lowest BCUT2D eigenvalue weighted by Gasteiger charge is -2.39. The fraction of sp³-hybridized carbons (Fsp3) is 0.600. The maximum Gasteiger partial charge on any atom is 0.333 e. The third-order valence-corrected chi connectivity index (χ3v) is 12.0. The van der Waals surface area contributed by atoms with Crippen molar-refractivity contribution in [1.82, 2.24) is 0 Å². The summed E-state index contributed by atoms with van der Waals surface area (Å²) >= 11 is 0. The SMILES string of the molecule is CO[Si](CC(O)CO)(CC(O)CO)O[Si](C)(C)c1ccccc1. The van der Waals surface area contributed by atoms with Crippen molar-refractivity contribution in [3.05, 3.63) is 30.3 Å². The summed E-state index contributed by atoms with van der Waals surface area (Å²) in [7, 11) is -3.86. The number of aliphatic hydroxyl groups excluding tert-OH is 4. The van der Waals surface area contributed by atoms with Gasteiger partial charge in [-0.05, 0) is 18.3 Å². The van der Waals surface area contributed by atoms with Crippen LogP contribution < -0.4 is 5.19 Å². The van der Waals surface area contributed by atoms with Gasteiger partial charge in [0.05, 0.1) is 25.4 Å². The lowest BCUT2D eigenvalue weighted by atomic mass is 10.4. The van der Waals surface area contributed by atoms with Gasteiger partial charge in [0.25, 0.3) is 0 Å². The van der Waals surface area contributed by atoms with Crippen molar-refractivity contribution in [2.45, 2.75) is 37.4 Å². The van der Waals surface area contributed by atoms with Gasteiger partial charge in [0.1, 0.15) is 0 Å². The van der Waals surface area contributed by atoms with E-state index < -0.39 is 42.3 Å². The molecule has 0 heterocycles. The zero-order valence-corrected chi connectivity index (χ0v) is 16.0. The maximum atomic E-state index is 9.87. The Kier molecular flexibility index (Phi) is 8.04. The molecule has 0 aliphatic carbocycles. The van der Waals surface area contributed by atoms with Crippen LogP contribution in [0.2, 0.25) is 25.2 Å². The lowest BCUT2D eigenvalue weighted by Crippen LogP contribution is -2.58. The van der Waals surface area contributed by atoms with Crippen LogP contribution in [0.3, 0.4) is 0 Å². The minimum absolute atomic E-state index is 0.139. The van der Waals surface area contributed by atoms with E-state index in [1.54, 1.807) is 0 Å². The summed E-state index contributed by atoms with van der Waals surface area (Å²) in [4.78, 5) is 0. The molecule has 0 fully saturated rings. The Morgan fingerprint density at radius 3 is 1.83 bits per heavy atom. The monoisotopic (exact) mass is 360 g/mol. The van der Waals surface area contributed by atoms with Crippen LogP contribution in [0.25, 0.3) is 0 Å². The first kappa shape index (κ1) is 20.5. The zero-order valence-electron chi connectivity index (χ0n) is 14.0. The summed E-state index contributed by atoms with van der Waals surface area (Å²) in [5.41, 5.74) is 0. The molecule has 0 amide bonds. The van der Waals surface area contributed by atoms with Gasteiger partial charge < -0.3 is 29.0 Å². The van der Waals surface area contributed by atoms with E-state index in [1.165, 1.54) is 7.11 Å². The van der Waals surface area contributed by atoms with Gasteiger partial charge in [-0.15, -0.1) is 0 Å². The molecule has 0 saturated carbocycles. The fourth-order valence-electron chi connectivity index (χ4n) is 2.59. The van der Waals surface area contributed by atoms with Crippen molar-refractivity contribution in [2.75, 3.05) is 20.3 Å². The minimum Gasteiger partial charge on any atom is -0.432 e. The molecule has 1 rings (SSSR count). The summed E-state index contributed by atoms with van der Waals surface area (Å²) in [6, 6.07) is 10.1. The van der Waals surface area contributed by atoms with Gasteiger partial charge in [-0.1, -0.05) is 30.3 Å². The van der Waals surface area contributed by atoms with Crippen molar-refractivity contribution in [3.63, 3.8) is 0 Å². The molecule has 0 bridgehead atoms. The van der Waals surface area contributed by atoms with Gasteiger partial charge in [-0.3, -0.25) is 0 Å². The van der Waals surface area contributed by atoms with Crippen molar-refractivity contribution >= 4 is 22.1 Å². The molecule has 4 N–H and O–H groups in total. The molecule has 23 heavy (non-hydrogen) atoms. The Morgan fingerprint density at radius 1 is 0.957 bits per heavy atom. The molecule has 2 unspecified atom stereocenters. The molecule has 0 aliphatic rings. The van der Waals surface area contributed by atoms with E-state index in [0.29, 0.717) is 0 Å². The summed E-state index contributed by atoms with van der Waals surface area (Å²) in [5.74, 6) is 0. The average molecular weight is 361 g/mol. The van der Waals surface area contributed by atoms with Gasteiger partial charge in [-0.25, -0.2) is 0 Å². The summed E-state index contributed by atoms with van der Waals surface area (Å²) < 4.78 is 12.1. The van der Waals surface area contributed by atoms with Crippen LogP contribution in [0.1, 0.15) is 0 Å². The van der Waals surface area contributed by atoms with Crippen LogP contribution in [-0.2, 0) is 8.54 Å². The molecular formula is C15H28O6Si2. The Hall–Kier alpha value is -0.586. The molecule has 0 spiro atoms. The number of rotatable bonds is 10. The molecule has 8 heteroatoms. The number of benzene rings is 1. The van der Waals surface area contributed by atoms with Crippen molar-refractivity contribution in [1.29, 1.82) is 0 Å². The molecule has 0 aromatic heterocycles. The van der Waals surface area contributed by atoms with Gasteiger partial charge in [-0.2, -0.15) is 0 Å². The second kappa shape index (κ2) is 9.04. The van der Waals surface area contributed by atoms with Crippen LogP contribution in [-0.4, -0.2) is 69.8 Å². The third-order valence-electron chi connectivity index (χ3n) is 3.80. The zero-order chi connectivity index (χ0) is 17.5. The van der Waals surface area contributed by atoms with Crippen LogP contribution in [0.4, 0.5) is 0 Å². The van der Waals surface area contributed by atoms with Crippen molar-refractivity contribution < 1.29 is 29.0 Å². The van der Waals surface area contributed by atoms with Crippen molar-refractivity contribution in [3.8, 4) is 0 Å². The van der Waals surface area contributed by atoms with Crippen LogP contribution >= 0.6 is 0 Å². The topological polar surface area (TPSA) is 99.4 Å². The predicted octanol–water partition coefficient (Wildman–Crippen LogP) is -0.0897. The van der Waals surface area contributed by atoms with Gasteiger partial charge in [0.15, 0.2) is 0 Å². The Morgan fingerprint density at radius 2 is 1.43 bits per heavy atom. The van der Waals surface area contributed by atoms with Crippen LogP contribution in [0.5, 0.6) is 0 Å². The highest BCUT2D eigenvalue weighted by Crippen LogP contribution is 2.26. The largest absolute Gasteiger partial charge is 0.432 e. The first-order valence-corrected chi connectivity index (χ1v) is 12.8. The summed E-state index contributed by atoms with van der Waals surface area (Å²) in [6.07, 6.45) is -1.96. The Labute approximate surface area is 139 Å². The fourth-order valence-corrected chi connectivity index (χ4v) is 11.0. The standard InChI is InChI=1S/C15H28O6Si2/c1-20-23(11-13(18)9-16,12-14(19)10-17)21-22(2,3)15-7-5-4-6-8-15/h4-8,13-14,16-19H,9-12H2,1-3H3. The number of hydrogen-bond acceptors (Lipinski definition) is 6. The summed E-state index contributed by atoms with van der Waals surface area (Å²) in [6.45, 7) is 3.26. The van der Waals surface area contributed by atoms with E-state index in [0.717, 1.165) is 5.19 Å². The predicted molar refractivity (Wildman–Crippen MR) is 93.2 cm³/mol. The van der Waals surface area contributed by atoms with Crippen molar-refractivity contribution in [2.24, 2.45) is 0 Å². The quantitative estimate of drug-likeness (QED) is 0.435. The van der Waals surface area contributed by atoms with Crippen LogP contribution in [0, 0.1) is 0 Å². The highest BCUT2D eigenvalue weighted by atomic mass is 28.4. The normalized spacial score (nSPS) is 17.5. The second-order valence-electron chi connectivity index (χ2n) is 6.17. The molecule has 0 saturated heterocycles. The van der Waals surface area contributed by atoms with E-state index in [4.69, 9.17) is 18.8 Å². The molecule has 0 radical (unpaired) electrons. The molecule has 6 nitrogen and oxygen atoms in total. The average Bonchev–Trinajstić information content (AvgIpc) is 2.54. The van der Waals surface area contributed by atoms with Crippen LogP contribution in [0.15, 0.2) is 30.3 Å². The summed E-state index contributed by atoms with van der Waals surface area (Å²) in [5, 5.41) is 39.1. The van der Waals surface area contributed by atoms with Gasteiger partial charge in [0, 0.05) is 19.2 Å². The molecule has 132 valence electrons. The highest BCUT2D eigenvalue weighted by molar-refractivity contribution is 6.91. The molecule has 1 aromatic rings. The molecular weight excluding hydrogens is 332 g/mol. The molecule has 2 atom stereocenters. The third kappa shape index (κ3) is 6.09. The van der Waals surface area contributed by atoms with E-state index in [9.17, 15) is 10.2 Å². The van der Waals surface area contributed by atoms with Gasteiger partial charge >= 0.3 is 8.56 Å². The van der Waals surface area contributed by atoms with E-state index in [1.807, 2.05) is 43.4 Å². The second-order valence-corrected chi connectivity index (χ2v) is 13.6. The lowest BCUT2D eigenvalue weighted by molar-refractivity contribution is 0.0864. The van der Waals surface area contributed by atoms with E-state index >= 15 is 0 Å². The van der Waals surface area contributed by atoms with E-state index in [-0.39, 0.29) is 12.1 Å². The first-order chi connectivity index (χ1) is 10.8. The highest BCUT2D eigenvalue weighted by Gasteiger charge is 2.45. The Balaban J connectivity index is 3.07. The minimum atomic E-state index is -3.01. The number of aliphatic hydroxyl groups is 4. The smallest absolute Gasteiger partial charge is 0.333 e. The molecule has 1 aromatic carbocycles. The number of hydrogen-bond donors (Lipinski definition) is 4.